The summed E-state index contributed by atoms with van der Waals surface area (Å²) in [7, 11) is 1.28. The zero-order chi connectivity index (χ0) is 14.2. The van der Waals surface area contributed by atoms with Crippen molar-refractivity contribution >= 4 is 5.97 Å². The van der Waals surface area contributed by atoms with Gasteiger partial charge in [-0.05, 0) is 30.5 Å². The lowest BCUT2D eigenvalue weighted by Crippen LogP contribution is -2.09. The first-order chi connectivity index (χ1) is 9.01. The van der Waals surface area contributed by atoms with Crippen LogP contribution in [0.1, 0.15) is 22.6 Å². The number of ether oxygens (including phenoxy) is 1. The predicted molar refractivity (Wildman–Crippen MR) is 67.8 cm³/mol. The van der Waals surface area contributed by atoms with E-state index in [1.165, 1.54) is 7.11 Å². The molecule has 0 saturated heterocycles. The number of hydrogen-bond donors (Lipinski definition) is 0. The Hall–Kier alpha value is -2.33. The monoisotopic (exact) mass is 254 g/mol. The molecule has 2 atom stereocenters. The molecule has 0 amide bonds. The molecule has 1 saturated carbocycles. The Bertz CT molecular complexity index is 608. The molecule has 0 aliphatic heterocycles. The zero-order valence-electron chi connectivity index (χ0n) is 11.1. The van der Waals surface area contributed by atoms with E-state index >= 15 is 0 Å². The van der Waals surface area contributed by atoms with Gasteiger partial charge >= 0.3 is 5.97 Å². The van der Waals surface area contributed by atoms with E-state index in [0.29, 0.717) is 0 Å². The lowest BCUT2D eigenvalue weighted by molar-refractivity contribution is -0.142. The van der Waals surface area contributed by atoms with Gasteiger partial charge in [0, 0.05) is 5.92 Å². The largest absolute Gasteiger partial charge is 0.469 e. The summed E-state index contributed by atoms with van der Waals surface area (Å²) in [5.74, 6) is -1.57. The second-order valence-corrected chi connectivity index (χ2v) is 4.91. The number of benzene rings is 1. The average Bonchev–Trinajstić information content (AvgIpc) is 3.10. The van der Waals surface area contributed by atoms with Gasteiger partial charge in [0.25, 0.3) is 0 Å². The minimum atomic E-state index is -1.28. The molecule has 1 aromatic rings. The highest BCUT2D eigenvalue weighted by atomic mass is 16.5. The van der Waals surface area contributed by atoms with Crippen molar-refractivity contribution in [3.63, 3.8) is 0 Å². The van der Waals surface area contributed by atoms with E-state index in [1.807, 2.05) is 44.2 Å². The van der Waals surface area contributed by atoms with Crippen molar-refractivity contribution in [3.8, 4) is 12.1 Å². The van der Waals surface area contributed by atoms with E-state index in [9.17, 15) is 15.3 Å². The van der Waals surface area contributed by atoms with Crippen molar-refractivity contribution in [1.29, 1.82) is 10.5 Å². The summed E-state index contributed by atoms with van der Waals surface area (Å²) in [6.07, 6.45) is 0. The van der Waals surface area contributed by atoms with Gasteiger partial charge < -0.3 is 4.74 Å². The van der Waals surface area contributed by atoms with Gasteiger partial charge in [0.1, 0.15) is 0 Å². The van der Waals surface area contributed by atoms with E-state index in [1.54, 1.807) is 0 Å². The third kappa shape index (κ3) is 1.77. The smallest absolute Gasteiger partial charge is 0.312 e. The molecule has 0 radical (unpaired) electrons. The number of methoxy groups -OCH3 is 1. The number of carbonyl (C=O) groups is 1. The quantitative estimate of drug-likeness (QED) is 0.758. The number of hydrogen-bond acceptors (Lipinski definition) is 4. The first-order valence-corrected chi connectivity index (χ1v) is 5.99. The normalized spacial score (nSPS) is 23.0. The molecule has 2 rings (SSSR count). The number of nitriles is 2. The number of carbonyl (C=O) groups excluding carboxylic acids is 1. The maximum absolute atomic E-state index is 11.7. The molecule has 1 aliphatic carbocycles. The summed E-state index contributed by atoms with van der Waals surface area (Å²) >= 11 is 0. The van der Waals surface area contributed by atoms with Gasteiger partial charge in [-0.15, -0.1) is 0 Å². The van der Waals surface area contributed by atoms with E-state index in [-0.39, 0.29) is 0 Å². The Morgan fingerprint density at radius 2 is 1.89 bits per heavy atom. The van der Waals surface area contributed by atoms with E-state index < -0.39 is 23.2 Å². The van der Waals surface area contributed by atoms with E-state index in [0.717, 1.165) is 16.7 Å². The predicted octanol–water partition coefficient (Wildman–Crippen LogP) is 2.22. The fourth-order valence-electron chi connectivity index (χ4n) is 2.55. The average molecular weight is 254 g/mol. The van der Waals surface area contributed by atoms with Crippen molar-refractivity contribution in [2.24, 2.45) is 11.3 Å². The second kappa shape index (κ2) is 4.40. The third-order valence-corrected chi connectivity index (χ3v) is 3.92. The number of rotatable bonds is 2. The molecule has 96 valence electrons. The molecule has 1 aliphatic rings. The van der Waals surface area contributed by atoms with Crippen LogP contribution in [0.15, 0.2) is 18.2 Å². The molecular weight excluding hydrogens is 240 g/mol. The number of esters is 1. The fraction of sp³-hybridized carbons (Fsp3) is 0.400. The maximum Gasteiger partial charge on any atom is 0.312 e. The van der Waals surface area contributed by atoms with Crippen LogP contribution in [0.5, 0.6) is 0 Å². The highest BCUT2D eigenvalue weighted by Crippen LogP contribution is 2.64. The molecule has 0 heterocycles. The molecule has 0 bridgehead atoms. The van der Waals surface area contributed by atoms with Crippen LogP contribution in [-0.4, -0.2) is 13.1 Å². The van der Waals surface area contributed by atoms with Crippen molar-refractivity contribution in [1.82, 2.24) is 0 Å². The summed E-state index contributed by atoms with van der Waals surface area (Å²) in [4.78, 5) is 11.7. The zero-order valence-corrected chi connectivity index (χ0v) is 11.1. The van der Waals surface area contributed by atoms with Crippen LogP contribution < -0.4 is 0 Å². The Morgan fingerprint density at radius 3 is 2.37 bits per heavy atom. The second-order valence-electron chi connectivity index (χ2n) is 4.91. The van der Waals surface area contributed by atoms with Crippen molar-refractivity contribution < 1.29 is 9.53 Å². The number of aryl methyl sites for hydroxylation is 2. The highest BCUT2D eigenvalue weighted by molar-refractivity contribution is 5.82. The Labute approximate surface area is 112 Å². The van der Waals surface area contributed by atoms with Gasteiger partial charge in [-0.25, -0.2) is 0 Å². The Kier molecular flexibility index (Phi) is 3.04. The molecule has 0 spiro atoms. The van der Waals surface area contributed by atoms with E-state index in [2.05, 4.69) is 0 Å². The molecule has 0 N–H and O–H groups in total. The maximum atomic E-state index is 11.7. The molecular formula is C15H14N2O2. The van der Waals surface area contributed by atoms with Crippen LogP contribution in [0.4, 0.5) is 0 Å². The van der Waals surface area contributed by atoms with Crippen molar-refractivity contribution in [3.05, 3.63) is 34.9 Å². The summed E-state index contributed by atoms with van der Waals surface area (Å²) < 4.78 is 4.70. The SMILES string of the molecule is COC(=O)[C@@H]1[C@H](c2ccc(C)c(C)c2)C1(C#N)C#N. The van der Waals surface area contributed by atoms with Gasteiger partial charge in [0.2, 0.25) is 0 Å². The van der Waals surface area contributed by atoms with Crippen LogP contribution in [0.3, 0.4) is 0 Å². The Balaban J connectivity index is 2.45. The standard InChI is InChI=1S/C15H14N2O2/c1-9-4-5-11(6-10(9)2)12-13(14(18)19-3)15(12,7-16)8-17/h4-6,12-13H,1-3H3/t12-,13-/m0/s1. The Morgan fingerprint density at radius 1 is 1.26 bits per heavy atom. The summed E-state index contributed by atoms with van der Waals surface area (Å²) in [5, 5.41) is 18.5. The molecule has 1 aromatic carbocycles. The lowest BCUT2D eigenvalue weighted by atomic mass is 9.98. The lowest BCUT2D eigenvalue weighted by Gasteiger charge is -2.04. The fourth-order valence-corrected chi connectivity index (χ4v) is 2.55. The van der Waals surface area contributed by atoms with E-state index in [4.69, 9.17) is 4.74 Å². The van der Waals surface area contributed by atoms with Gasteiger partial charge in [0.05, 0.1) is 25.2 Å². The van der Waals surface area contributed by atoms with Crippen molar-refractivity contribution in [2.45, 2.75) is 19.8 Å². The van der Waals surface area contributed by atoms with Gasteiger partial charge in [-0.1, -0.05) is 18.2 Å². The number of nitrogens with zero attached hydrogens (tertiary/aromatic N) is 2. The topological polar surface area (TPSA) is 73.9 Å². The molecule has 0 unspecified atom stereocenters. The minimum Gasteiger partial charge on any atom is -0.469 e. The van der Waals surface area contributed by atoms with Crippen LogP contribution in [0.25, 0.3) is 0 Å². The summed E-state index contributed by atoms with van der Waals surface area (Å²) in [6.45, 7) is 3.96. The van der Waals surface area contributed by atoms with Crippen LogP contribution in [0, 0.1) is 47.8 Å². The van der Waals surface area contributed by atoms with Crippen molar-refractivity contribution in [2.75, 3.05) is 7.11 Å². The highest BCUT2D eigenvalue weighted by Gasteiger charge is 2.71. The van der Waals surface area contributed by atoms with Crippen LogP contribution >= 0.6 is 0 Å². The molecule has 4 heteroatoms. The molecule has 4 nitrogen and oxygen atoms in total. The minimum absolute atomic E-state index is 0.394. The first-order valence-electron chi connectivity index (χ1n) is 5.99. The third-order valence-electron chi connectivity index (χ3n) is 3.92. The first kappa shape index (κ1) is 13.1. The van der Waals surface area contributed by atoms with Gasteiger partial charge in [0.15, 0.2) is 5.41 Å². The van der Waals surface area contributed by atoms with Gasteiger partial charge in [-0.3, -0.25) is 4.79 Å². The summed E-state index contributed by atoms with van der Waals surface area (Å²) in [5.41, 5.74) is 1.78. The summed E-state index contributed by atoms with van der Waals surface area (Å²) in [6, 6.07) is 9.73. The van der Waals surface area contributed by atoms with Crippen LogP contribution in [-0.2, 0) is 9.53 Å². The van der Waals surface area contributed by atoms with Crippen LogP contribution in [0.2, 0.25) is 0 Å². The molecule has 19 heavy (non-hydrogen) atoms. The molecule has 0 aromatic heterocycles. The van der Waals surface area contributed by atoms with Gasteiger partial charge in [-0.2, -0.15) is 10.5 Å². The molecule has 1 fully saturated rings.